The number of carbonyl (C=O) groups is 2. The molecule has 0 aromatic carbocycles. The van der Waals surface area contributed by atoms with Gasteiger partial charge in [0.25, 0.3) is 0 Å². The van der Waals surface area contributed by atoms with Crippen molar-refractivity contribution in [1.82, 2.24) is 0 Å². The van der Waals surface area contributed by atoms with E-state index in [1.807, 2.05) is 0 Å². The van der Waals surface area contributed by atoms with Crippen LogP contribution in [0.2, 0.25) is 0 Å². The van der Waals surface area contributed by atoms with Gasteiger partial charge in [-0.1, -0.05) is 127 Å². The number of unbranched alkanes of at least 4 members (excludes halogenated alkanes) is 16. The van der Waals surface area contributed by atoms with E-state index in [9.17, 15) is 19.8 Å². The van der Waals surface area contributed by atoms with Crippen LogP contribution < -0.4 is 47.9 Å². The molecule has 0 fully saturated rings. The first-order valence-corrected chi connectivity index (χ1v) is 16.5. The molecular weight excluding hydrogens is 510 g/mol. The Labute approximate surface area is 284 Å². The Bertz CT molecular complexity index is 601. The molecule has 0 aliphatic carbocycles. The first kappa shape index (κ1) is 48.0. The molecule has 0 heterocycles. The van der Waals surface area contributed by atoms with Crippen molar-refractivity contribution < 1.29 is 57.5 Å². The molecule has 232 valence electrons. The van der Waals surface area contributed by atoms with Gasteiger partial charge in [-0.25, -0.2) is 0 Å². The van der Waals surface area contributed by atoms with Crippen LogP contribution in [0.25, 0.3) is 0 Å². The van der Waals surface area contributed by atoms with Crippen molar-refractivity contribution in [2.24, 2.45) is 0 Å². The predicted molar refractivity (Wildman–Crippen MR) is 169 cm³/mol. The summed E-state index contributed by atoms with van der Waals surface area (Å²) in [6.45, 7) is 4.46. The van der Waals surface area contributed by atoms with Gasteiger partial charge in [-0.2, -0.15) is 0 Å². The van der Waals surface area contributed by atoms with Crippen molar-refractivity contribution in [3.05, 3.63) is 48.6 Å². The van der Waals surface area contributed by atoms with Gasteiger partial charge in [-0.05, 0) is 89.9 Å². The van der Waals surface area contributed by atoms with Crippen molar-refractivity contribution in [3.8, 4) is 0 Å². The number of hydrogen-bond acceptors (Lipinski definition) is 4. The molecule has 0 atom stereocenters. The van der Waals surface area contributed by atoms with Gasteiger partial charge in [-0.3, -0.25) is 0 Å². The molecular formula is C36H62Li2O4. The summed E-state index contributed by atoms with van der Waals surface area (Å²) in [5, 5.41) is 20.4. The number of carboxylic acid groups (broad SMARTS) is 2. The Kier molecular flexibility index (Phi) is 50.9. The molecule has 6 heteroatoms. The molecule has 0 aromatic heterocycles. The smallest absolute Gasteiger partial charge is 0.550 e. The molecule has 4 nitrogen and oxygen atoms in total. The monoisotopic (exact) mass is 572 g/mol. The molecule has 0 spiro atoms. The molecule has 0 N–H and O–H groups in total. The molecule has 0 aromatic rings. The summed E-state index contributed by atoms with van der Waals surface area (Å²) in [5.41, 5.74) is 0. The second-order valence-electron chi connectivity index (χ2n) is 10.7. The molecule has 0 aliphatic heterocycles. The van der Waals surface area contributed by atoms with Crippen molar-refractivity contribution in [3.63, 3.8) is 0 Å². The minimum absolute atomic E-state index is 0. The number of hydrogen-bond donors (Lipinski definition) is 0. The number of rotatable bonds is 28. The normalized spacial score (nSPS) is 11.1. The molecule has 0 saturated heterocycles. The fraction of sp³-hybridized carbons (Fsp3) is 0.722. The van der Waals surface area contributed by atoms with Gasteiger partial charge < -0.3 is 19.8 Å². The van der Waals surface area contributed by atoms with Crippen LogP contribution in [0, 0.1) is 0 Å². The number of carboxylic acids is 2. The Balaban J connectivity index is -0.000000328. The maximum Gasteiger partial charge on any atom is 1.00 e. The van der Waals surface area contributed by atoms with E-state index in [0.717, 1.165) is 64.2 Å². The SMILES string of the molecule is CCCCCC=CCC=CCCCCCCCC(=O)[O-].CCCCCC=CCC=CCCCCCCCC(=O)[O-].[Li+].[Li+]. The topological polar surface area (TPSA) is 80.3 Å². The minimum atomic E-state index is -0.921. The zero-order chi connectivity index (χ0) is 29.8. The maximum atomic E-state index is 10.2. The molecule has 0 aliphatic rings. The van der Waals surface area contributed by atoms with Crippen LogP contribution in [-0.2, 0) is 9.59 Å². The van der Waals surface area contributed by atoms with E-state index in [1.54, 1.807) is 0 Å². The minimum Gasteiger partial charge on any atom is -0.550 e. The van der Waals surface area contributed by atoms with Crippen molar-refractivity contribution in [2.45, 2.75) is 168 Å². The third-order valence-electron chi connectivity index (χ3n) is 6.66. The molecule has 0 saturated carbocycles. The van der Waals surface area contributed by atoms with Crippen molar-refractivity contribution in [1.29, 1.82) is 0 Å². The second-order valence-corrected chi connectivity index (χ2v) is 10.7. The summed E-state index contributed by atoms with van der Waals surface area (Å²) >= 11 is 0. The van der Waals surface area contributed by atoms with Crippen LogP contribution in [0.4, 0.5) is 0 Å². The Morgan fingerprint density at radius 3 is 0.952 bits per heavy atom. The van der Waals surface area contributed by atoms with Crippen LogP contribution in [0.3, 0.4) is 0 Å². The zero-order valence-corrected chi connectivity index (χ0v) is 28.2. The second kappa shape index (κ2) is 44.5. The third kappa shape index (κ3) is 51.8. The van der Waals surface area contributed by atoms with E-state index in [2.05, 4.69) is 62.5 Å². The summed E-state index contributed by atoms with van der Waals surface area (Å²) in [4.78, 5) is 20.4. The van der Waals surface area contributed by atoms with Crippen molar-refractivity contribution >= 4 is 11.9 Å². The van der Waals surface area contributed by atoms with E-state index >= 15 is 0 Å². The summed E-state index contributed by atoms with van der Waals surface area (Å²) in [6.07, 6.45) is 43.9. The van der Waals surface area contributed by atoms with Gasteiger partial charge in [0.15, 0.2) is 0 Å². The van der Waals surface area contributed by atoms with Crippen LogP contribution in [0.15, 0.2) is 48.6 Å². The van der Waals surface area contributed by atoms with E-state index in [0.29, 0.717) is 0 Å². The zero-order valence-electron chi connectivity index (χ0n) is 28.2. The van der Waals surface area contributed by atoms with Gasteiger partial charge in [0.05, 0.1) is 0 Å². The molecule has 0 unspecified atom stereocenters. The average molecular weight is 573 g/mol. The average Bonchev–Trinajstić information content (AvgIpc) is 2.93. The van der Waals surface area contributed by atoms with Gasteiger partial charge >= 0.3 is 37.7 Å². The Hall–Kier alpha value is -0.905. The Morgan fingerprint density at radius 2 is 0.667 bits per heavy atom. The summed E-state index contributed by atoms with van der Waals surface area (Å²) in [7, 11) is 0. The largest absolute Gasteiger partial charge is 1.00 e. The van der Waals surface area contributed by atoms with Gasteiger partial charge in [0.1, 0.15) is 0 Å². The van der Waals surface area contributed by atoms with E-state index in [-0.39, 0.29) is 50.6 Å². The fourth-order valence-corrected chi connectivity index (χ4v) is 4.16. The van der Waals surface area contributed by atoms with E-state index < -0.39 is 11.9 Å². The van der Waals surface area contributed by atoms with Crippen LogP contribution >= 0.6 is 0 Å². The summed E-state index contributed by atoms with van der Waals surface area (Å²) in [6, 6.07) is 0. The summed E-state index contributed by atoms with van der Waals surface area (Å²) < 4.78 is 0. The van der Waals surface area contributed by atoms with Crippen LogP contribution in [-0.4, -0.2) is 11.9 Å². The summed E-state index contributed by atoms with van der Waals surface area (Å²) in [5.74, 6) is -1.84. The standard InChI is InChI=1S/2C18H32O2.2Li/c2*1-2-3-4-5-6-7-8-9-10-11-12-13-14-15-16-17-18(19)20;;/h2*6-7,9-10H,2-5,8,11-17H2,1H3,(H,19,20);;/q;;2*+1/p-2. The Morgan fingerprint density at radius 1 is 0.405 bits per heavy atom. The molecule has 0 bridgehead atoms. The maximum absolute atomic E-state index is 10.2. The third-order valence-corrected chi connectivity index (χ3v) is 6.66. The number of aliphatic carboxylic acids is 2. The number of carbonyl (C=O) groups excluding carboxylic acids is 2. The fourth-order valence-electron chi connectivity index (χ4n) is 4.16. The van der Waals surface area contributed by atoms with Gasteiger partial charge in [0.2, 0.25) is 0 Å². The first-order valence-electron chi connectivity index (χ1n) is 16.5. The van der Waals surface area contributed by atoms with Gasteiger partial charge in [0, 0.05) is 11.9 Å². The van der Waals surface area contributed by atoms with Crippen molar-refractivity contribution in [2.75, 3.05) is 0 Å². The van der Waals surface area contributed by atoms with Crippen LogP contribution in [0.5, 0.6) is 0 Å². The quantitative estimate of drug-likeness (QED) is 0.0820. The predicted octanol–water partition coefficient (Wildman–Crippen LogP) is 3.11. The number of allylic oxidation sites excluding steroid dienone is 8. The first-order chi connectivity index (χ1) is 19.5. The molecule has 0 radical (unpaired) electrons. The molecule has 0 amide bonds. The van der Waals surface area contributed by atoms with Gasteiger partial charge in [-0.15, -0.1) is 0 Å². The molecule has 0 rings (SSSR count). The van der Waals surface area contributed by atoms with E-state index in [1.165, 1.54) is 77.0 Å². The van der Waals surface area contributed by atoms with Crippen LogP contribution in [0.1, 0.15) is 168 Å². The molecule has 42 heavy (non-hydrogen) atoms. The van der Waals surface area contributed by atoms with E-state index in [4.69, 9.17) is 0 Å².